The molecule has 0 aliphatic heterocycles. The maximum Gasteiger partial charge on any atom is 0.421 e. The highest BCUT2D eigenvalue weighted by molar-refractivity contribution is 6.00. The van der Waals surface area contributed by atoms with Gasteiger partial charge >= 0.3 is 6.09 Å². The number of unbranched alkanes of at least 4 members (excludes halogenated alkanes) is 5. The fourth-order valence-corrected chi connectivity index (χ4v) is 7.20. The topological polar surface area (TPSA) is 250 Å². The number of aromatic nitrogens is 7. The largest absolute Gasteiger partial charge is 0.443 e. The van der Waals surface area contributed by atoms with Crippen LogP contribution in [-0.4, -0.2) is 71.0 Å². The van der Waals surface area contributed by atoms with E-state index in [1.165, 1.54) is 4.57 Å². The molecule has 0 fully saturated rings. The lowest BCUT2D eigenvalue weighted by molar-refractivity contribution is 0.0540. The minimum atomic E-state index is -0.552. The van der Waals surface area contributed by atoms with Crippen molar-refractivity contribution in [3.63, 3.8) is 0 Å². The number of carbonyl (C=O) groups is 3. The number of nitrogens with one attached hydrogen (secondary N) is 2. The Morgan fingerprint density at radius 2 is 1.46 bits per heavy atom. The number of aromatic amines is 1. The van der Waals surface area contributed by atoms with Crippen molar-refractivity contribution in [1.29, 1.82) is 0 Å². The van der Waals surface area contributed by atoms with Crippen LogP contribution in [-0.2, 0) is 30.5 Å². The molecule has 0 unspecified atom stereocenters. The number of rotatable bonds is 20. The molecule has 0 spiro atoms. The van der Waals surface area contributed by atoms with Crippen molar-refractivity contribution in [1.82, 2.24) is 39.8 Å². The van der Waals surface area contributed by atoms with E-state index in [4.69, 9.17) is 28.2 Å². The van der Waals surface area contributed by atoms with Gasteiger partial charge in [0.1, 0.15) is 5.60 Å². The number of anilines is 2. The number of hydrogen-bond acceptors (Lipinski definition) is 11. The Balaban J connectivity index is 0.000000239. The maximum absolute atomic E-state index is 12.5. The summed E-state index contributed by atoms with van der Waals surface area (Å²) in [6.07, 6.45) is 21.2. The monoisotopic (exact) mass is 969 g/mol. The Labute approximate surface area is 415 Å². The summed E-state index contributed by atoms with van der Waals surface area (Å²) in [5.41, 5.74) is 23.2. The second-order valence-electron chi connectivity index (χ2n) is 17.4. The predicted octanol–water partition coefficient (Wildman–Crippen LogP) is 10.6. The van der Waals surface area contributed by atoms with Crippen LogP contribution in [0, 0.1) is 12.3 Å². The Hall–Kier alpha value is -7.67. The zero-order chi connectivity index (χ0) is 49.4. The number of fused-ring (bicyclic) bond motifs is 2. The van der Waals surface area contributed by atoms with E-state index < -0.39 is 11.7 Å². The highest BCUT2D eigenvalue weighted by Gasteiger charge is 2.20. The summed E-state index contributed by atoms with van der Waals surface area (Å²) in [6, 6.07) is 27.4. The fraction of sp³-hybridized carbons (Fsp3) is 0.365. The molecule has 0 radical (unpaired) electrons. The number of H-pyrrole nitrogens is 1. The minimum absolute atomic E-state index is 0. The van der Waals surface area contributed by atoms with Crippen LogP contribution in [0.4, 0.5) is 16.7 Å². The molecule has 70 heavy (non-hydrogen) atoms. The van der Waals surface area contributed by atoms with Crippen LogP contribution < -0.4 is 16.8 Å². The van der Waals surface area contributed by atoms with Crippen LogP contribution in [0.25, 0.3) is 32.0 Å². The second kappa shape index (κ2) is 28.6. The summed E-state index contributed by atoms with van der Waals surface area (Å²) in [4.78, 5) is 50.1. The Bertz CT molecular complexity index is 2850. The van der Waals surface area contributed by atoms with Crippen LogP contribution in [0.2, 0.25) is 0 Å². The third-order valence-corrected chi connectivity index (χ3v) is 10.7. The Kier molecular flexibility index (Phi) is 22.5. The molecule has 0 atom stereocenters. The van der Waals surface area contributed by atoms with Gasteiger partial charge in [-0.3, -0.25) is 14.3 Å². The van der Waals surface area contributed by atoms with E-state index in [1.807, 2.05) is 104 Å². The van der Waals surface area contributed by atoms with Crippen LogP contribution in [0.3, 0.4) is 0 Å². The van der Waals surface area contributed by atoms with Gasteiger partial charge in [0.15, 0.2) is 11.7 Å². The van der Waals surface area contributed by atoms with Gasteiger partial charge in [-0.1, -0.05) is 89.9 Å². The molecular weight excluding hydrogens is 906 g/mol. The van der Waals surface area contributed by atoms with E-state index in [-0.39, 0.29) is 36.6 Å². The van der Waals surface area contributed by atoms with E-state index in [9.17, 15) is 14.4 Å². The SMILES string of the molecule is C#CCCCCCc1cn(C(=O)OC(C)(C)C)c(N)n1.Cl.Nc1ncc(CCCCCc2cn(CCCC(=O)c3ccc4ccccc4c3)nn2)[nH]1.[N-]=[N+]=NCCNC(=O)c1ccc2ccccc2c1. The number of hydrogen-bond donors (Lipinski definition) is 4. The number of benzene rings is 4. The fourth-order valence-electron chi connectivity index (χ4n) is 7.20. The molecule has 0 bridgehead atoms. The van der Waals surface area contributed by atoms with E-state index in [0.717, 1.165) is 115 Å². The number of nitrogens with two attached hydrogens (primary N) is 2. The van der Waals surface area contributed by atoms with Gasteiger partial charge < -0.3 is 26.5 Å². The molecule has 3 aromatic heterocycles. The predicted molar refractivity (Wildman–Crippen MR) is 279 cm³/mol. The molecule has 18 heteroatoms. The second-order valence-corrected chi connectivity index (χ2v) is 17.4. The summed E-state index contributed by atoms with van der Waals surface area (Å²) in [5, 5.41) is 18.9. The van der Waals surface area contributed by atoms with Crippen molar-refractivity contribution >= 4 is 63.6 Å². The molecule has 0 saturated carbocycles. The summed E-state index contributed by atoms with van der Waals surface area (Å²) in [6.45, 7) is 6.73. The number of azide groups is 1. The first-order valence-electron chi connectivity index (χ1n) is 23.3. The number of aryl methyl sites for hydroxylation is 4. The van der Waals surface area contributed by atoms with E-state index in [0.29, 0.717) is 31.0 Å². The van der Waals surface area contributed by atoms with E-state index >= 15 is 0 Å². The number of imidazole rings is 2. The van der Waals surface area contributed by atoms with Gasteiger partial charge in [-0.25, -0.2) is 19.3 Å². The van der Waals surface area contributed by atoms with Crippen molar-refractivity contribution in [3.8, 4) is 12.3 Å². The number of Topliss-reactive ketones (excluding diaryl/α,β-unsaturated/α-hetero) is 1. The van der Waals surface area contributed by atoms with Crippen molar-refractivity contribution < 1.29 is 19.1 Å². The van der Waals surface area contributed by atoms with Crippen LogP contribution in [0.15, 0.2) is 109 Å². The molecule has 0 aliphatic carbocycles. The lowest BCUT2D eigenvalue weighted by atomic mass is 10.0. The third-order valence-electron chi connectivity index (χ3n) is 10.7. The van der Waals surface area contributed by atoms with Gasteiger partial charge in [-0.15, -0.1) is 29.8 Å². The average molecular weight is 971 g/mol. The van der Waals surface area contributed by atoms with Crippen molar-refractivity contribution in [2.24, 2.45) is 5.11 Å². The van der Waals surface area contributed by atoms with Crippen LogP contribution in [0.5, 0.6) is 0 Å². The van der Waals surface area contributed by atoms with Crippen LogP contribution >= 0.6 is 12.4 Å². The van der Waals surface area contributed by atoms with Crippen molar-refractivity contribution in [2.75, 3.05) is 24.6 Å². The van der Waals surface area contributed by atoms with Gasteiger partial charge in [-0.2, -0.15) is 0 Å². The van der Waals surface area contributed by atoms with E-state index in [2.05, 4.69) is 52.6 Å². The standard InChI is InChI=1S/C24H28N6O.C15H23N3O2.C13H12N4O.ClH/c25-24-26-16-21(27-24)9-2-1-3-10-22-17-30(29-28-22)14-6-11-23(31)20-13-12-18-7-4-5-8-19(18)15-20;1-5-6-7-8-9-10-12-11-18(13(16)17-12)14(19)20-15(2,3)4;14-17-16-8-7-15-13(18)12-6-5-10-3-1-2-4-11(10)9-12;/h4-5,7-8,12-13,15-17H,1-3,6,9-11,14H2,(H3,25,26,27);1,11H,6-10H2,2-4H3,(H2,16,17);1-6,9H,7-8H2,(H,15,18);1H. The average Bonchev–Trinajstić information content (AvgIpc) is 4.09. The third kappa shape index (κ3) is 18.8. The Morgan fingerprint density at radius 1 is 0.829 bits per heavy atom. The van der Waals surface area contributed by atoms with Crippen LogP contribution in [0.1, 0.15) is 116 Å². The molecule has 0 saturated heterocycles. The normalized spacial score (nSPS) is 10.7. The smallest absolute Gasteiger partial charge is 0.421 e. The number of nitrogen functional groups attached to an aromatic ring is 2. The number of nitrogens with zero attached hydrogens (tertiary/aromatic N) is 9. The lowest BCUT2D eigenvalue weighted by Crippen LogP contribution is -2.27. The van der Waals surface area contributed by atoms with Gasteiger partial charge in [0.05, 0.1) is 17.6 Å². The zero-order valence-corrected chi connectivity index (χ0v) is 41.0. The number of amides is 1. The number of ketones is 1. The first-order chi connectivity index (χ1) is 33.3. The molecular formula is C52H64ClN13O4. The molecule has 4 aromatic carbocycles. The molecule has 1 amide bonds. The number of halogens is 1. The highest BCUT2D eigenvalue weighted by atomic mass is 35.5. The molecule has 6 N–H and O–H groups in total. The quantitative estimate of drug-likeness (QED) is 0.0140. The zero-order valence-electron chi connectivity index (χ0n) is 40.2. The van der Waals surface area contributed by atoms with Crippen molar-refractivity contribution in [3.05, 3.63) is 142 Å². The minimum Gasteiger partial charge on any atom is -0.443 e. The summed E-state index contributed by atoms with van der Waals surface area (Å²) < 4.78 is 8.35. The molecule has 7 rings (SSSR count). The maximum atomic E-state index is 12.5. The molecule has 3 heterocycles. The number of carbonyl (C=O) groups excluding carboxylic acids is 3. The molecule has 17 nitrogen and oxygen atoms in total. The number of ether oxygens (including phenoxy) is 1. The first-order valence-corrected chi connectivity index (χ1v) is 23.3. The summed E-state index contributed by atoms with van der Waals surface area (Å²) >= 11 is 0. The number of terminal acetylenes is 1. The molecule has 368 valence electrons. The molecule has 7 aromatic rings. The summed E-state index contributed by atoms with van der Waals surface area (Å²) in [7, 11) is 0. The van der Waals surface area contributed by atoms with Gasteiger partial charge in [-0.05, 0) is 117 Å². The van der Waals surface area contributed by atoms with E-state index in [1.54, 1.807) is 18.5 Å². The molecule has 0 aliphatic rings. The Morgan fingerprint density at radius 3 is 2.10 bits per heavy atom. The van der Waals surface area contributed by atoms with Gasteiger partial charge in [0.2, 0.25) is 5.95 Å². The van der Waals surface area contributed by atoms with Crippen molar-refractivity contribution in [2.45, 2.75) is 110 Å². The van der Waals surface area contributed by atoms with Gasteiger partial charge in [0.25, 0.3) is 5.91 Å². The first kappa shape index (κ1) is 54.9. The summed E-state index contributed by atoms with van der Waals surface area (Å²) in [5.74, 6) is 3.27. The lowest BCUT2D eigenvalue weighted by Gasteiger charge is -2.19. The van der Waals surface area contributed by atoms with Gasteiger partial charge in [0, 0.05) is 66.6 Å². The highest BCUT2D eigenvalue weighted by Crippen LogP contribution is 2.19.